The van der Waals surface area contributed by atoms with Crippen LogP contribution in [0, 0.1) is 0 Å². The molecule has 0 fully saturated rings. The number of esters is 1. The van der Waals surface area contributed by atoms with Crippen LogP contribution < -0.4 is 10.1 Å². The van der Waals surface area contributed by atoms with Gasteiger partial charge in [0.05, 0.1) is 5.02 Å². The minimum atomic E-state index is -0.869. The zero-order valence-corrected chi connectivity index (χ0v) is 14.9. The van der Waals surface area contributed by atoms with Crippen LogP contribution in [0.15, 0.2) is 48.5 Å². The molecule has 0 heterocycles. The van der Waals surface area contributed by atoms with E-state index in [2.05, 4.69) is 5.32 Å². The smallest absolute Gasteiger partial charge is 0.344 e. The Hall–Kier alpha value is -2.53. The van der Waals surface area contributed by atoms with Gasteiger partial charge in [-0.3, -0.25) is 4.79 Å². The van der Waals surface area contributed by atoms with E-state index < -0.39 is 12.1 Å². The molecule has 2 aromatic rings. The van der Waals surface area contributed by atoms with E-state index in [1.165, 1.54) is 6.92 Å². The van der Waals surface area contributed by atoms with Gasteiger partial charge in [0.15, 0.2) is 12.7 Å². The first-order valence-electron chi connectivity index (χ1n) is 7.96. The Kier molecular flexibility index (Phi) is 6.83. The Balaban J connectivity index is 1.93. The van der Waals surface area contributed by atoms with Crippen LogP contribution in [0.4, 0.5) is 0 Å². The van der Waals surface area contributed by atoms with Gasteiger partial charge >= 0.3 is 5.97 Å². The first kappa shape index (κ1) is 18.8. The summed E-state index contributed by atoms with van der Waals surface area (Å²) in [5.41, 5.74) is 1.98. The minimum Gasteiger partial charge on any atom is -0.480 e. The van der Waals surface area contributed by atoms with E-state index in [4.69, 9.17) is 21.1 Å². The van der Waals surface area contributed by atoms with E-state index in [0.717, 1.165) is 11.1 Å². The number of halogens is 1. The van der Waals surface area contributed by atoms with Crippen molar-refractivity contribution < 1.29 is 19.1 Å². The van der Waals surface area contributed by atoms with Crippen LogP contribution in [0.2, 0.25) is 5.02 Å². The Labute approximate surface area is 151 Å². The summed E-state index contributed by atoms with van der Waals surface area (Å²) < 4.78 is 10.4. The molecule has 0 bridgehead atoms. The molecule has 1 amide bonds. The van der Waals surface area contributed by atoms with Crippen LogP contribution in [-0.4, -0.2) is 31.1 Å². The van der Waals surface area contributed by atoms with Crippen molar-refractivity contribution in [1.29, 1.82) is 0 Å². The van der Waals surface area contributed by atoms with Crippen molar-refractivity contribution in [2.45, 2.75) is 20.0 Å². The SMILES string of the molecule is CCNC(=O)[C@H](C)OC(=O)COc1ccc(-c2ccccc2)cc1Cl. The third-order valence-electron chi connectivity index (χ3n) is 3.41. The maximum atomic E-state index is 11.8. The van der Waals surface area contributed by atoms with E-state index in [0.29, 0.717) is 17.3 Å². The summed E-state index contributed by atoms with van der Waals surface area (Å²) >= 11 is 6.22. The third kappa shape index (κ3) is 5.50. The highest BCUT2D eigenvalue weighted by molar-refractivity contribution is 6.32. The molecule has 2 aromatic carbocycles. The lowest BCUT2D eigenvalue weighted by Crippen LogP contribution is -2.36. The van der Waals surface area contributed by atoms with E-state index >= 15 is 0 Å². The number of nitrogens with one attached hydrogen (secondary N) is 1. The fraction of sp³-hybridized carbons (Fsp3) is 0.263. The van der Waals surface area contributed by atoms with Crippen LogP contribution in [0.1, 0.15) is 13.8 Å². The summed E-state index contributed by atoms with van der Waals surface area (Å²) in [5, 5.41) is 2.97. The molecule has 0 aliphatic carbocycles. The normalized spacial score (nSPS) is 11.5. The Morgan fingerprint density at radius 2 is 1.84 bits per heavy atom. The average Bonchev–Trinajstić information content (AvgIpc) is 2.61. The lowest BCUT2D eigenvalue weighted by Gasteiger charge is -2.13. The maximum absolute atomic E-state index is 11.8. The quantitative estimate of drug-likeness (QED) is 0.767. The van der Waals surface area contributed by atoms with Gasteiger partial charge < -0.3 is 14.8 Å². The van der Waals surface area contributed by atoms with Crippen molar-refractivity contribution in [1.82, 2.24) is 5.32 Å². The number of likely N-dealkylation sites (N-methyl/N-ethyl adjacent to an activating group) is 1. The van der Waals surface area contributed by atoms with Crippen LogP contribution in [0.3, 0.4) is 0 Å². The monoisotopic (exact) mass is 361 g/mol. The van der Waals surface area contributed by atoms with E-state index in [9.17, 15) is 9.59 Å². The molecule has 0 unspecified atom stereocenters. The van der Waals surface area contributed by atoms with Crippen LogP contribution in [-0.2, 0) is 14.3 Å². The number of amides is 1. The zero-order valence-electron chi connectivity index (χ0n) is 14.1. The molecule has 0 saturated heterocycles. The fourth-order valence-electron chi connectivity index (χ4n) is 2.17. The first-order chi connectivity index (χ1) is 12.0. The van der Waals surface area contributed by atoms with E-state index in [1.807, 2.05) is 36.4 Å². The third-order valence-corrected chi connectivity index (χ3v) is 3.71. The van der Waals surface area contributed by atoms with Gasteiger partial charge in [0.1, 0.15) is 5.75 Å². The molecule has 0 aromatic heterocycles. The molecule has 1 atom stereocenters. The van der Waals surface area contributed by atoms with Crippen molar-refractivity contribution >= 4 is 23.5 Å². The van der Waals surface area contributed by atoms with Crippen molar-refractivity contribution in [3.8, 4) is 16.9 Å². The standard InChI is InChI=1S/C19H20ClNO4/c1-3-21-19(23)13(2)25-18(22)12-24-17-10-9-15(11-16(17)20)14-7-5-4-6-8-14/h4-11,13H,3,12H2,1-2H3,(H,21,23)/t13-/m0/s1. The number of benzene rings is 2. The summed E-state index contributed by atoms with van der Waals surface area (Å²) in [6.45, 7) is 3.44. The Morgan fingerprint density at radius 3 is 2.48 bits per heavy atom. The largest absolute Gasteiger partial charge is 0.480 e. The van der Waals surface area contributed by atoms with Gasteiger partial charge in [0, 0.05) is 6.54 Å². The highest BCUT2D eigenvalue weighted by atomic mass is 35.5. The van der Waals surface area contributed by atoms with E-state index in [-0.39, 0.29) is 12.5 Å². The topological polar surface area (TPSA) is 64.6 Å². The van der Waals surface area contributed by atoms with Crippen LogP contribution in [0.25, 0.3) is 11.1 Å². The van der Waals surface area contributed by atoms with Crippen molar-refractivity contribution in [3.05, 3.63) is 53.6 Å². The molecule has 0 aliphatic heterocycles. The molecule has 5 nitrogen and oxygen atoms in total. The average molecular weight is 362 g/mol. The number of carbonyl (C=O) groups excluding carboxylic acids is 2. The molecule has 0 aliphatic rings. The molecular weight excluding hydrogens is 342 g/mol. The second-order valence-corrected chi connectivity index (χ2v) is 5.73. The van der Waals surface area contributed by atoms with Crippen molar-refractivity contribution in [2.24, 2.45) is 0 Å². The van der Waals surface area contributed by atoms with Gasteiger partial charge in [-0.2, -0.15) is 0 Å². The molecule has 132 valence electrons. The molecular formula is C19H20ClNO4. The lowest BCUT2D eigenvalue weighted by atomic mass is 10.1. The number of hydrogen-bond acceptors (Lipinski definition) is 4. The summed E-state index contributed by atoms with van der Waals surface area (Å²) in [6, 6.07) is 15.1. The predicted octanol–water partition coefficient (Wildman–Crippen LogP) is 3.45. The summed E-state index contributed by atoms with van der Waals surface area (Å²) in [5.74, 6) is -0.605. The molecule has 25 heavy (non-hydrogen) atoms. The van der Waals surface area contributed by atoms with Gasteiger partial charge in [-0.05, 0) is 37.1 Å². The highest BCUT2D eigenvalue weighted by Gasteiger charge is 2.17. The van der Waals surface area contributed by atoms with Crippen LogP contribution in [0.5, 0.6) is 5.75 Å². The van der Waals surface area contributed by atoms with Crippen LogP contribution >= 0.6 is 11.6 Å². The second kappa shape index (κ2) is 9.08. The van der Waals surface area contributed by atoms with Gasteiger partial charge in [0.25, 0.3) is 5.91 Å². The van der Waals surface area contributed by atoms with Crippen molar-refractivity contribution in [2.75, 3.05) is 13.2 Å². The number of carbonyl (C=O) groups is 2. The summed E-state index contributed by atoms with van der Waals surface area (Å²) in [7, 11) is 0. The van der Waals surface area contributed by atoms with Gasteiger partial charge in [-0.15, -0.1) is 0 Å². The molecule has 0 saturated carbocycles. The summed E-state index contributed by atoms with van der Waals surface area (Å²) in [4.78, 5) is 23.3. The maximum Gasteiger partial charge on any atom is 0.344 e. The molecule has 1 N–H and O–H groups in total. The molecule has 2 rings (SSSR count). The fourth-order valence-corrected chi connectivity index (χ4v) is 2.40. The van der Waals surface area contributed by atoms with Gasteiger partial charge in [-0.25, -0.2) is 4.79 Å². The summed E-state index contributed by atoms with van der Waals surface area (Å²) in [6.07, 6.45) is -0.869. The van der Waals surface area contributed by atoms with E-state index in [1.54, 1.807) is 19.1 Å². The minimum absolute atomic E-state index is 0.325. The van der Waals surface area contributed by atoms with Gasteiger partial charge in [0.2, 0.25) is 0 Å². The molecule has 0 spiro atoms. The van der Waals surface area contributed by atoms with Gasteiger partial charge in [-0.1, -0.05) is 48.0 Å². The number of rotatable bonds is 7. The second-order valence-electron chi connectivity index (χ2n) is 5.33. The highest BCUT2D eigenvalue weighted by Crippen LogP contribution is 2.30. The first-order valence-corrected chi connectivity index (χ1v) is 8.34. The number of ether oxygens (including phenoxy) is 2. The Morgan fingerprint density at radius 1 is 1.12 bits per heavy atom. The zero-order chi connectivity index (χ0) is 18.2. The Bertz CT molecular complexity index is 733. The number of hydrogen-bond donors (Lipinski definition) is 1. The van der Waals surface area contributed by atoms with Crippen molar-refractivity contribution in [3.63, 3.8) is 0 Å². The predicted molar refractivity (Wildman–Crippen MR) is 96.6 cm³/mol. The molecule has 6 heteroatoms. The lowest BCUT2D eigenvalue weighted by molar-refractivity contribution is -0.156. The molecule has 0 radical (unpaired) electrons.